The van der Waals surface area contributed by atoms with Gasteiger partial charge in [-0.2, -0.15) is 4.31 Å². The molecule has 1 aromatic carbocycles. The van der Waals surface area contributed by atoms with E-state index in [9.17, 15) is 18.5 Å². The van der Waals surface area contributed by atoms with E-state index in [0.717, 1.165) is 0 Å². The normalized spacial score (nSPS) is 16.5. The second kappa shape index (κ2) is 7.11. The predicted octanol–water partition coefficient (Wildman–Crippen LogP) is 1.62. The van der Waals surface area contributed by atoms with Crippen LogP contribution in [0.15, 0.2) is 47.8 Å². The van der Waals surface area contributed by atoms with Crippen LogP contribution in [-0.2, 0) is 10.0 Å². The van der Waals surface area contributed by atoms with Crippen molar-refractivity contribution in [2.75, 3.05) is 13.1 Å². The van der Waals surface area contributed by atoms with Gasteiger partial charge in [0.15, 0.2) is 4.90 Å². The Labute approximate surface area is 144 Å². The number of sulfonamides is 1. The van der Waals surface area contributed by atoms with Gasteiger partial charge in [-0.25, -0.2) is 18.4 Å². The summed E-state index contributed by atoms with van der Waals surface area (Å²) in [4.78, 5) is 17.9. The van der Waals surface area contributed by atoms with Crippen molar-refractivity contribution in [1.29, 1.82) is 0 Å². The van der Waals surface area contributed by atoms with Crippen LogP contribution in [0.1, 0.15) is 12.8 Å². The fourth-order valence-corrected chi connectivity index (χ4v) is 4.30. The summed E-state index contributed by atoms with van der Waals surface area (Å²) in [5.41, 5.74) is -0.415. The average Bonchev–Trinajstić information content (AvgIpc) is 2.63. The van der Waals surface area contributed by atoms with Gasteiger partial charge >= 0.3 is 0 Å². The third kappa shape index (κ3) is 3.74. The first-order valence-corrected chi connectivity index (χ1v) is 9.09. The van der Waals surface area contributed by atoms with Crippen molar-refractivity contribution in [3.63, 3.8) is 0 Å². The molecule has 0 amide bonds. The quantitative estimate of drug-likeness (QED) is 0.584. The number of nitrogens with zero attached hydrogens (tertiary/aromatic N) is 4. The molecular formula is C15H16N4O5S. The first-order chi connectivity index (χ1) is 12.0. The zero-order valence-electron chi connectivity index (χ0n) is 13.2. The minimum atomic E-state index is -3.92. The van der Waals surface area contributed by atoms with Gasteiger partial charge in [-0.15, -0.1) is 0 Å². The molecule has 0 aliphatic carbocycles. The van der Waals surface area contributed by atoms with Crippen molar-refractivity contribution in [3.05, 3.63) is 53.0 Å². The van der Waals surface area contributed by atoms with E-state index in [1.165, 1.54) is 34.9 Å². The molecule has 0 N–H and O–H groups in total. The molecule has 0 radical (unpaired) electrons. The monoisotopic (exact) mass is 364 g/mol. The number of aromatic nitrogens is 2. The smallest absolute Gasteiger partial charge is 0.289 e. The summed E-state index contributed by atoms with van der Waals surface area (Å²) in [6.45, 7) is 0.453. The minimum Gasteiger partial charge on any atom is -0.474 e. The first-order valence-electron chi connectivity index (χ1n) is 7.65. The maximum atomic E-state index is 12.7. The molecule has 0 saturated carbocycles. The highest BCUT2D eigenvalue weighted by Crippen LogP contribution is 2.28. The van der Waals surface area contributed by atoms with Crippen LogP contribution in [0.5, 0.6) is 5.88 Å². The number of piperidine rings is 1. The second-order valence-electron chi connectivity index (χ2n) is 5.49. The lowest BCUT2D eigenvalue weighted by Crippen LogP contribution is -2.41. The molecule has 132 valence electrons. The summed E-state index contributed by atoms with van der Waals surface area (Å²) < 4.78 is 32.4. The molecule has 2 aromatic rings. The topological polar surface area (TPSA) is 116 Å². The maximum Gasteiger partial charge on any atom is 0.289 e. The van der Waals surface area contributed by atoms with E-state index in [2.05, 4.69) is 9.97 Å². The molecule has 0 spiro atoms. The van der Waals surface area contributed by atoms with Crippen LogP contribution in [-0.4, -0.2) is 46.8 Å². The highest BCUT2D eigenvalue weighted by molar-refractivity contribution is 7.89. The molecule has 1 fully saturated rings. The van der Waals surface area contributed by atoms with E-state index in [1.54, 1.807) is 12.3 Å². The second-order valence-corrected chi connectivity index (χ2v) is 7.40. The average molecular weight is 364 g/mol. The summed E-state index contributed by atoms with van der Waals surface area (Å²) in [6, 6.07) is 7.01. The van der Waals surface area contributed by atoms with Crippen molar-refractivity contribution in [1.82, 2.24) is 14.3 Å². The third-order valence-electron chi connectivity index (χ3n) is 3.92. The van der Waals surface area contributed by atoms with Crippen molar-refractivity contribution < 1.29 is 18.1 Å². The molecule has 1 aliphatic heterocycles. The Morgan fingerprint density at radius 1 is 1.20 bits per heavy atom. The largest absolute Gasteiger partial charge is 0.474 e. The lowest BCUT2D eigenvalue weighted by molar-refractivity contribution is -0.387. The van der Waals surface area contributed by atoms with Gasteiger partial charge in [-0.05, 0) is 18.9 Å². The molecule has 1 saturated heterocycles. The number of rotatable bonds is 5. The predicted molar refractivity (Wildman–Crippen MR) is 87.5 cm³/mol. The fraction of sp³-hybridized carbons (Fsp3) is 0.333. The molecule has 1 aromatic heterocycles. The maximum absolute atomic E-state index is 12.7. The van der Waals surface area contributed by atoms with Gasteiger partial charge in [0.25, 0.3) is 5.69 Å². The summed E-state index contributed by atoms with van der Waals surface area (Å²) in [6.07, 6.45) is 3.74. The molecule has 9 nitrogen and oxygen atoms in total. The van der Waals surface area contributed by atoms with Crippen LogP contribution in [0.2, 0.25) is 0 Å². The van der Waals surface area contributed by atoms with E-state index in [4.69, 9.17) is 4.74 Å². The Morgan fingerprint density at radius 2 is 1.92 bits per heavy atom. The Kier molecular flexibility index (Phi) is 4.91. The van der Waals surface area contributed by atoms with Crippen LogP contribution in [0, 0.1) is 10.1 Å². The molecule has 10 heteroatoms. The SMILES string of the molecule is O=[N+]([O-])c1ccccc1S(=O)(=O)N1CCC(Oc2ccncn2)CC1. The molecule has 0 atom stereocenters. The molecule has 2 heterocycles. The van der Waals surface area contributed by atoms with Crippen molar-refractivity contribution >= 4 is 15.7 Å². The van der Waals surface area contributed by atoms with Gasteiger partial charge < -0.3 is 4.74 Å². The highest BCUT2D eigenvalue weighted by atomic mass is 32.2. The molecule has 0 unspecified atom stereocenters. The number of nitro groups is 1. The Hall–Kier alpha value is -2.59. The minimum absolute atomic E-state index is 0.160. The molecule has 3 rings (SSSR count). The van der Waals surface area contributed by atoms with E-state index >= 15 is 0 Å². The Morgan fingerprint density at radius 3 is 2.56 bits per heavy atom. The van der Waals surface area contributed by atoms with Gasteiger partial charge in [0.05, 0.1) is 4.92 Å². The van der Waals surface area contributed by atoms with Gasteiger partial charge in [-0.3, -0.25) is 10.1 Å². The molecule has 25 heavy (non-hydrogen) atoms. The lowest BCUT2D eigenvalue weighted by Gasteiger charge is -2.30. The van der Waals surface area contributed by atoms with Crippen molar-refractivity contribution in [2.45, 2.75) is 23.8 Å². The van der Waals surface area contributed by atoms with E-state index in [1.807, 2.05) is 0 Å². The number of hydrogen-bond donors (Lipinski definition) is 0. The summed E-state index contributed by atoms with van der Waals surface area (Å²) in [5, 5.41) is 11.1. The number of benzene rings is 1. The van der Waals surface area contributed by atoms with Crippen LogP contribution >= 0.6 is 0 Å². The van der Waals surface area contributed by atoms with Gasteiger partial charge in [0, 0.05) is 31.4 Å². The Balaban J connectivity index is 1.71. The zero-order chi connectivity index (χ0) is 17.9. The molecule has 1 aliphatic rings. The first kappa shape index (κ1) is 17.2. The number of ether oxygens (including phenoxy) is 1. The van der Waals surface area contributed by atoms with Gasteiger partial charge in [-0.1, -0.05) is 12.1 Å². The van der Waals surface area contributed by atoms with E-state index in [-0.39, 0.29) is 24.1 Å². The Bertz CT molecular complexity index is 851. The highest BCUT2D eigenvalue weighted by Gasteiger charge is 2.34. The number of para-hydroxylation sites is 1. The van der Waals surface area contributed by atoms with Crippen LogP contribution < -0.4 is 4.74 Å². The standard InChI is InChI=1S/C15H16N4O5S/c20-19(21)13-3-1-2-4-14(13)25(22,23)18-9-6-12(7-10-18)24-15-5-8-16-11-17-15/h1-5,8,11-12H,6-7,9-10H2. The fourth-order valence-electron chi connectivity index (χ4n) is 2.67. The van der Waals surface area contributed by atoms with E-state index in [0.29, 0.717) is 18.7 Å². The lowest BCUT2D eigenvalue weighted by atomic mass is 10.1. The number of hydrogen-bond acceptors (Lipinski definition) is 7. The van der Waals surface area contributed by atoms with Crippen LogP contribution in [0.3, 0.4) is 0 Å². The molecule has 0 bridgehead atoms. The number of nitro benzene ring substituents is 1. The van der Waals surface area contributed by atoms with Crippen LogP contribution in [0.25, 0.3) is 0 Å². The van der Waals surface area contributed by atoms with Gasteiger partial charge in [0.1, 0.15) is 12.4 Å². The third-order valence-corrected chi connectivity index (χ3v) is 5.87. The summed E-state index contributed by atoms with van der Waals surface area (Å²) in [5.74, 6) is 0.440. The van der Waals surface area contributed by atoms with E-state index < -0.39 is 20.6 Å². The zero-order valence-corrected chi connectivity index (χ0v) is 14.0. The summed E-state index contributed by atoms with van der Waals surface area (Å²) in [7, 11) is -3.92. The molecular weight excluding hydrogens is 348 g/mol. The van der Waals surface area contributed by atoms with Crippen molar-refractivity contribution in [2.24, 2.45) is 0 Å². The van der Waals surface area contributed by atoms with Gasteiger partial charge in [0.2, 0.25) is 15.9 Å². The summed E-state index contributed by atoms with van der Waals surface area (Å²) >= 11 is 0. The van der Waals surface area contributed by atoms with Crippen LogP contribution in [0.4, 0.5) is 5.69 Å². The van der Waals surface area contributed by atoms with Crippen molar-refractivity contribution in [3.8, 4) is 5.88 Å².